The van der Waals surface area contributed by atoms with Gasteiger partial charge in [-0.3, -0.25) is 4.79 Å². The zero-order valence-corrected chi connectivity index (χ0v) is 17.8. The van der Waals surface area contributed by atoms with Gasteiger partial charge in [0, 0.05) is 13.1 Å². The third kappa shape index (κ3) is 5.89. The maximum atomic E-state index is 13.4. The lowest BCUT2D eigenvalue weighted by Gasteiger charge is -2.25. The van der Waals surface area contributed by atoms with Crippen molar-refractivity contribution in [3.05, 3.63) is 70.1 Å². The summed E-state index contributed by atoms with van der Waals surface area (Å²) in [6, 6.07) is 13.5. The van der Waals surface area contributed by atoms with Crippen molar-refractivity contribution in [2.45, 2.75) is 32.4 Å². The minimum absolute atomic E-state index is 0.0186. The van der Waals surface area contributed by atoms with E-state index in [1.54, 1.807) is 12.1 Å². The van der Waals surface area contributed by atoms with Gasteiger partial charge in [0.05, 0.1) is 18.4 Å². The van der Waals surface area contributed by atoms with Gasteiger partial charge in [0.2, 0.25) is 10.0 Å². The number of rotatable bonds is 9. The van der Waals surface area contributed by atoms with Crippen LogP contribution in [0.2, 0.25) is 0 Å². The molecule has 0 atom stereocenters. The number of benzene rings is 2. The van der Waals surface area contributed by atoms with Crippen molar-refractivity contribution in [3.8, 4) is 5.75 Å². The summed E-state index contributed by atoms with van der Waals surface area (Å²) in [6.07, 6.45) is 2.07. The molecule has 0 bridgehead atoms. The lowest BCUT2D eigenvalue weighted by Crippen LogP contribution is -2.34. The van der Waals surface area contributed by atoms with Crippen LogP contribution >= 0.6 is 0 Å². The highest BCUT2D eigenvalue weighted by molar-refractivity contribution is 7.93. The Morgan fingerprint density at radius 3 is 2.55 bits per heavy atom. The summed E-state index contributed by atoms with van der Waals surface area (Å²) < 4.78 is 62.0. The number of ether oxygens (including phenoxy) is 2. The van der Waals surface area contributed by atoms with E-state index in [9.17, 15) is 22.0 Å². The number of hydrogen-bond donors (Lipinski definition) is 0. The van der Waals surface area contributed by atoms with E-state index in [-0.39, 0.29) is 36.6 Å². The lowest BCUT2D eigenvalue weighted by atomic mass is 9.97. The second kappa shape index (κ2) is 10.0. The summed E-state index contributed by atoms with van der Waals surface area (Å²) in [5.41, 5.74) is 2.17. The zero-order chi connectivity index (χ0) is 22.4. The summed E-state index contributed by atoms with van der Waals surface area (Å²) >= 11 is 0. The Morgan fingerprint density at radius 2 is 1.87 bits per heavy atom. The summed E-state index contributed by atoms with van der Waals surface area (Å²) in [7, 11) is -2.61. The number of methoxy groups -OCH3 is 1. The molecule has 3 rings (SSSR count). The number of halogens is 2. The van der Waals surface area contributed by atoms with Gasteiger partial charge < -0.3 is 9.47 Å². The van der Waals surface area contributed by atoms with E-state index < -0.39 is 22.6 Å². The van der Waals surface area contributed by atoms with Crippen LogP contribution in [-0.2, 0) is 32.5 Å². The molecule has 0 aromatic heterocycles. The van der Waals surface area contributed by atoms with Gasteiger partial charge in [0.25, 0.3) is 0 Å². The van der Waals surface area contributed by atoms with Gasteiger partial charge in [-0.1, -0.05) is 36.4 Å². The fourth-order valence-corrected chi connectivity index (χ4v) is 5.00. The van der Waals surface area contributed by atoms with Crippen molar-refractivity contribution in [2.75, 3.05) is 13.7 Å². The average Bonchev–Trinajstić information content (AvgIpc) is 2.76. The third-order valence-corrected chi connectivity index (χ3v) is 6.94. The summed E-state index contributed by atoms with van der Waals surface area (Å²) in [6.45, 7) is -2.82. The number of carbonyl (C=O) groups excluding carboxylic acids is 1. The molecule has 0 fully saturated rings. The molecule has 2 aromatic rings. The fourth-order valence-electron chi connectivity index (χ4n) is 3.38. The Bertz CT molecular complexity index is 1050. The molecule has 0 saturated carbocycles. The largest absolute Gasteiger partial charge is 0.469 e. The highest BCUT2D eigenvalue weighted by atomic mass is 32.2. The SMILES string of the molecule is COC(=O)CCN(Cc1ccccc1)S(=O)(=O)C1=Cc2ccc(OC(F)F)cc2CC1. The number of nitrogens with zero attached hydrogens (tertiary/aromatic N) is 1. The number of fused-ring (bicyclic) bond motifs is 1. The minimum atomic E-state index is -3.86. The van der Waals surface area contributed by atoms with Crippen LogP contribution in [0.15, 0.2) is 53.4 Å². The van der Waals surface area contributed by atoms with Gasteiger partial charge in [-0.2, -0.15) is 13.1 Å². The zero-order valence-electron chi connectivity index (χ0n) is 17.0. The second-order valence-electron chi connectivity index (χ2n) is 7.00. The topological polar surface area (TPSA) is 72.9 Å². The van der Waals surface area contributed by atoms with E-state index >= 15 is 0 Å². The van der Waals surface area contributed by atoms with Crippen LogP contribution in [0.4, 0.5) is 8.78 Å². The average molecular weight is 451 g/mol. The van der Waals surface area contributed by atoms with Crippen molar-refractivity contribution < 1.29 is 31.5 Å². The fraction of sp³-hybridized carbons (Fsp3) is 0.318. The Morgan fingerprint density at radius 1 is 1.13 bits per heavy atom. The monoisotopic (exact) mass is 451 g/mol. The Balaban J connectivity index is 1.87. The van der Waals surface area contributed by atoms with Gasteiger partial charge in [-0.25, -0.2) is 8.42 Å². The van der Waals surface area contributed by atoms with E-state index in [4.69, 9.17) is 0 Å². The summed E-state index contributed by atoms with van der Waals surface area (Å²) in [4.78, 5) is 11.8. The number of carbonyl (C=O) groups is 1. The summed E-state index contributed by atoms with van der Waals surface area (Å²) in [5.74, 6) is -0.458. The first-order chi connectivity index (χ1) is 14.8. The molecule has 0 spiro atoms. The Labute approximate surface area is 180 Å². The van der Waals surface area contributed by atoms with Crippen molar-refractivity contribution >= 4 is 22.1 Å². The first-order valence-corrected chi connectivity index (χ1v) is 11.1. The first-order valence-electron chi connectivity index (χ1n) is 9.69. The van der Waals surface area contributed by atoms with E-state index in [2.05, 4.69) is 9.47 Å². The molecule has 1 aliphatic rings. The molecule has 0 unspecified atom stereocenters. The number of hydrogen-bond acceptors (Lipinski definition) is 5. The number of alkyl halides is 2. The predicted octanol–water partition coefficient (Wildman–Crippen LogP) is 3.97. The lowest BCUT2D eigenvalue weighted by molar-refractivity contribution is -0.140. The Hall–Kier alpha value is -2.78. The number of esters is 1. The van der Waals surface area contributed by atoms with Crippen LogP contribution in [0.25, 0.3) is 6.08 Å². The predicted molar refractivity (Wildman–Crippen MR) is 112 cm³/mol. The van der Waals surface area contributed by atoms with Crippen molar-refractivity contribution in [3.63, 3.8) is 0 Å². The highest BCUT2D eigenvalue weighted by Crippen LogP contribution is 2.32. The van der Waals surface area contributed by atoms with Crippen LogP contribution in [-0.4, -0.2) is 39.0 Å². The Kier molecular flexibility index (Phi) is 7.40. The van der Waals surface area contributed by atoms with E-state index in [1.165, 1.54) is 23.5 Å². The van der Waals surface area contributed by atoms with Gasteiger partial charge >= 0.3 is 12.6 Å². The number of aryl methyl sites for hydroxylation is 1. The van der Waals surface area contributed by atoms with Gasteiger partial charge in [0.1, 0.15) is 5.75 Å². The molecule has 0 N–H and O–H groups in total. The molecule has 31 heavy (non-hydrogen) atoms. The van der Waals surface area contributed by atoms with E-state index in [0.29, 0.717) is 12.0 Å². The molecule has 6 nitrogen and oxygen atoms in total. The second-order valence-corrected chi connectivity index (χ2v) is 8.99. The summed E-state index contributed by atoms with van der Waals surface area (Å²) in [5, 5.41) is 0. The van der Waals surface area contributed by atoms with E-state index in [1.807, 2.05) is 30.3 Å². The van der Waals surface area contributed by atoms with Crippen LogP contribution in [0.1, 0.15) is 29.5 Å². The molecule has 0 saturated heterocycles. The number of sulfonamides is 1. The molecule has 2 aromatic carbocycles. The molecular formula is C22H23F2NO5S. The smallest absolute Gasteiger partial charge is 0.387 e. The first kappa shape index (κ1) is 22.9. The maximum Gasteiger partial charge on any atom is 0.387 e. The highest BCUT2D eigenvalue weighted by Gasteiger charge is 2.29. The third-order valence-electron chi connectivity index (χ3n) is 4.96. The molecule has 0 heterocycles. The molecule has 1 aliphatic carbocycles. The molecule has 0 radical (unpaired) electrons. The minimum Gasteiger partial charge on any atom is -0.469 e. The number of allylic oxidation sites excluding steroid dienone is 1. The van der Waals surface area contributed by atoms with Crippen molar-refractivity contribution in [1.82, 2.24) is 4.31 Å². The van der Waals surface area contributed by atoms with Crippen LogP contribution in [0.5, 0.6) is 5.75 Å². The van der Waals surface area contributed by atoms with Gasteiger partial charge in [-0.15, -0.1) is 0 Å². The van der Waals surface area contributed by atoms with Crippen molar-refractivity contribution in [2.24, 2.45) is 0 Å². The maximum absolute atomic E-state index is 13.4. The molecular weight excluding hydrogens is 428 g/mol. The molecule has 9 heteroatoms. The standard InChI is InChI=1S/C22H23F2NO5S/c1-29-21(26)11-12-25(15-16-5-3-2-4-6-16)31(27,28)20-10-8-17-13-19(30-22(23)24)9-7-18(17)14-20/h2-7,9,13-14,22H,8,10-12,15H2,1H3. The quantitative estimate of drug-likeness (QED) is 0.540. The molecule has 166 valence electrons. The van der Waals surface area contributed by atoms with Crippen LogP contribution in [0.3, 0.4) is 0 Å². The van der Waals surface area contributed by atoms with E-state index in [0.717, 1.165) is 11.1 Å². The van der Waals surface area contributed by atoms with Crippen LogP contribution < -0.4 is 4.74 Å². The molecule has 0 aliphatic heterocycles. The van der Waals surface area contributed by atoms with Crippen LogP contribution in [0, 0.1) is 0 Å². The van der Waals surface area contributed by atoms with Gasteiger partial charge in [0.15, 0.2) is 0 Å². The normalized spacial score (nSPS) is 13.6. The van der Waals surface area contributed by atoms with Gasteiger partial charge in [-0.05, 0) is 47.7 Å². The molecule has 0 amide bonds. The van der Waals surface area contributed by atoms with Crippen molar-refractivity contribution in [1.29, 1.82) is 0 Å².